The van der Waals surface area contributed by atoms with E-state index in [1.807, 2.05) is 96.0 Å². The summed E-state index contributed by atoms with van der Waals surface area (Å²) in [6.07, 6.45) is -6.20. The van der Waals surface area contributed by atoms with Crippen molar-refractivity contribution in [1.82, 2.24) is 9.55 Å². The largest absolute Gasteiger partial charge is 0.416 e. The van der Waals surface area contributed by atoms with Gasteiger partial charge in [-0.1, -0.05) is 103 Å². The van der Waals surface area contributed by atoms with Crippen molar-refractivity contribution >= 4 is 0 Å². The second-order valence-electron chi connectivity index (χ2n) is 11.1. The molecular formula is C36H30F4N2O5. The lowest BCUT2D eigenvalue weighted by atomic mass is 9.80. The van der Waals surface area contributed by atoms with E-state index in [0.29, 0.717) is 5.56 Å². The van der Waals surface area contributed by atoms with Crippen LogP contribution in [-0.2, 0) is 32.6 Å². The number of halogens is 4. The summed E-state index contributed by atoms with van der Waals surface area (Å²) in [4.78, 5) is 26.3. The molecule has 242 valence electrons. The number of aromatic nitrogens is 2. The number of rotatable bonds is 10. The van der Waals surface area contributed by atoms with E-state index in [4.69, 9.17) is 14.2 Å². The van der Waals surface area contributed by atoms with Gasteiger partial charge in [0.15, 0.2) is 0 Å². The Morgan fingerprint density at radius 1 is 0.766 bits per heavy atom. The van der Waals surface area contributed by atoms with Crippen molar-refractivity contribution in [1.29, 1.82) is 0 Å². The van der Waals surface area contributed by atoms with Crippen molar-refractivity contribution in [2.45, 2.75) is 43.2 Å². The van der Waals surface area contributed by atoms with E-state index in [2.05, 4.69) is 0 Å². The van der Waals surface area contributed by atoms with Gasteiger partial charge in [-0.05, 0) is 34.4 Å². The van der Waals surface area contributed by atoms with Crippen LogP contribution >= 0.6 is 0 Å². The van der Waals surface area contributed by atoms with Crippen LogP contribution in [0.2, 0.25) is 0 Å². The van der Waals surface area contributed by atoms with Gasteiger partial charge in [0.05, 0.1) is 31.1 Å². The van der Waals surface area contributed by atoms with E-state index < -0.39 is 52.8 Å². The molecule has 1 aliphatic heterocycles. The smallest absolute Gasteiger partial charge is 0.371 e. The normalized spacial score (nSPS) is 18.3. The molecule has 47 heavy (non-hydrogen) atoms. The van der Waals surface area contributed by atoms with E-state index in [0.717, 1.165) is 39.6 Å². The fourth-order valence-electron chi connectivity index (χ4n) is 5.84. The van der Waals surface area contributed by atoms with Gasteiger partial charge in [0.2, 0.25) is 5.82 Å². The number of H-pyrrole nitrogens is 1. The maximum atomic E-state index is 14.3. The second-order valence-corrected chi connectivity index (χ2v) is 11.1. The lowest BCUT2D eigenvalue weighted by Gasteiger charge is -2.37. The zero-order chi connectivity index (χ0) is 33.0. The van der Waals surface area contributed by atoms with E-state index in [1.54, 1.807) is 0 Å². The monoisotopic (exact) mass is 646 g/mol. The summed E-state index contributed by atoms with van der Waals surface area (Å²) in [5, 5.41) is 0. The standard InChI is InChI=1S/C36H30F4N2O5/c37-29-21-42(34(44)41-33(29)43)32-20-30(45-22-24-16-18-28(19-17-24)36(38,39)40)31(47-32)23-46-35(25-10-4-1-5-11-25,26-12-6-2-7-13-26)27-14-8-3-9-15-27/h1-19,21,30-32H,20,22-23H2,(H,41,43,44)/t30-,31+,32+/m0/s1. The Labute approximate surface area is 267 Å². The van der Waals surface area contributed by atoms with E-state index in [1.165, 1.54) is 12.1 Å². The van der Waals surface area contributed by atoms with E-state index in [9.17, 15) is 27.2 Å². The molecule has 11 heteroatoms. The molecule has 1 saturated heterocycles. The zero-order valence-electron chi connectivity index (χ0n) is 24.9. The molecule has 0 radical (unpaired) electrons. The summed E-state index contributed by atoms with van der Waals surface area (Å²) in [6.45, 7) is -0.126. The summed E-state index contributed by atoms with van der Waals surface area (Å²) < 4.78 is 73.9. The highest BCUT2D eigenvalue weighted by Gasteiger charge is 2.43. The van der Waals surface area contributed by atoms with Gasteiger partial charge in [-0.2, -0.15) is 17.6 Å². The molecule has 1 aromatic heterocycles. The van der Waals surface area contributed by atoms with Crippen molar-refractivity contribution in [2.24, 2.45) is 0 Å². The van der Waals surface area contributed by atoms with Crippen molar-refractivity contribution in [3.63, 3.8) is 0 Å². The van der Waals surface area contributed by atoms with Gasteiger partial charge in [-0.25, -0.2) is 4.79 Å². The summed E-state index contributed by atoms with van der Waals surface area (Å²) in [7, 11) is 0. The molecule has 1 aliphatic rings. The summed E-state index contributed by atoms with van der Waals surface area (Å²) in [5.74, 6) is -1.16. The Kier molecular flexibility index (Phi) is 9.21. The molecule has 1 N–H and O–H groups in total. The molecule has 0 unspecified atom stereocenters. The van der Waals surface area contributed by atoms with Crippen LogP contribution in [0.15, 0.2) is 131 Å². The molecule has 4 aromatic carbocycles. The number of ether oxygens (including phenoxy) is 3. The number of hydrogen-bond donors (Lipinski definition) is 1. The Bertz CT molecular complexity index is 1800. The van der Waals surface area contributed by atoms with E-state index >= 15 is 0 Å². The Hall–Kier alpha value is -4.84. The molecule has 3 atom stereocenters. The third-order valence-corrected chi connectivity index (χ3v) is 8.17. The number of benzene rings is 4. The average Bonchev–Trinajstić information content (AvgIpc) is 3.49. The fourth-order valence-corrected chi connectivity index (χ4v) is 5.84. The number of nitrogens with zero attached hydrogens (tertiary/aromatic N) is 1. The third kappa shape index (κ3) is 6.83. The highest BCUT2D eigenvalue weighted by Crippen LogP contribution is 2.42. The summed E-state index contributed by atoms with van der Waals surface area (Å²) in [5.41, 5.74) is -0.899. The van der Waals surface area contributed by atoms with Gasteiger partial charge >= 0.3 is 11.9 Å². The lowest BCUT2D eigenvalue weighted by Crippen LogP contribution is -2.38. The highest BCUT2D eigenvalue weighted by molar-refractivity contribution is 5.47. The van der Waals surface area contributed by atoms with Crippen LogP contribution in [-0.4, -0.2) is 28.4 Å². The van der Waals surface area contributed by atoms with Crippen LogP contribution < -0.4 is 11.2 Å². The predicted octanol–water partition coefficient (Wildman–Crippen LogP) is 6.58. The molecule has 0 amide bonds. The Morgan fingerprint density at radius 2 is 1.30 bits per heavy atom. The first-order chi connectivity index (χ1) is 22.6. The van der Waals surface area contributed by atoms with Crippen LogP contribution in [0.3, 0.4) is 0 Å². The van der Waals surface area contributed by atoms with Crippen LogP contribution in [0.4, 0.5) is 17.6 Å². The molecule has 2 heterocycles. The van der Waals surface area contributed by atoms with Crippen molar-refractivity contribution < 1.29 is 31.8 Å². The number of alkyl halides is 3. The molecule has 1 fully saturated rings. The SMILES string of the molecule is O=c1[nH]c(=O)n([C@H]2C[C@H](OCc3ccc(C(F)(F)F)cc3)[C@@H](COC(c3ccccc3)(c3ccccc3)c3ccccc3)O2)cc1F. The molecule has 6 rings (SSSR count). The minimum atomic E-state index is -4.48. The van der Waals surface area contributed by atoms with Crippen LogP contribution in [0.25, 0.3) is 0 Å². The quantitative estimate of drug-likeness (QED) is 0.137. The van der Waals surface area contributed by atoms with E-state index in [-0.39, 0.29) is 19.6 Å². The van der Waals surface area contributed by atoms with Gasteiger partial charge in [0.25, 0.3) is 5.56 Å². The first-order valence-electron chi connectivity index (χ1n) is 14.9. The van der Waals surface area contributed by atoms with Gasteiger partial charge in [-0.3, -0.25) is 14.3 Å². The topological polar surface area (TPSA) is 82.6 Å². The third-order valence-electron chi connectivity index (χ3n) is 8.17. The minimum absolute atomic E-state index is 0.0621. The average molecular weight is 647 g/mol. The van der Waals surface area contributed by atoms with Crippen molar-refractivity contribution in [2.75, 3.05) is 6.61 Å². The summed E-state index contributed by atoms with van der Waals surface area (Å²) >= 11 is 0. The number of nitrogens with one attached hydrogen (secondary N) is 1. The number of hydrogen-bond acceptors (Lipinski definition) is 5. The predicted molar refractivity (Wildman–Crippen MR) is 165 cm³/mol. The lowest BCUT2D eigenvalue weighted by molar-refractivity contribution is -0.137. The Balaban J connectivity index is 1.34. The van der Waals surface area contributed by atoms with Crippen molar-refractivity contribution in [3.8, 4) is 0 Å². The van der Waals surface area contributed by atoms with Gasteiger partial charge in [0.1, 0.15) is 17.9 Å². The number of aromatic amines is 1. The molecule has 0 spiro atoms. The highest BCUT2D eigenvalue weighted by atomic mass is 19.4. The minimum Gasteiger partial charge on any atom is -0.371 e. The first kappa shape index (κ1) is 32.1. The molecule has 0 bridgehead atoms. The molecular weight excluding hydrogens is 616 g/mol. The zero-order valence-corrected chi connectivity index (χ0v) is 24.9. The maximum Gasteiger partial charge on any atom is 0.416 e. The maximum absolute atomic E-state index is 14.3. The van der Waals surface area contributed by atoms with Crippen molar-refractivity contribution in [3.05, 3.63) is 176 Å². The Morgan fingerprint density at radius 3 is 1.81 bits per heavy atom. The van der Waals surface area contributed by atoms with Gasteiger partial charge in [0, 0.05) is 6.42 Å². The fraction of sp³-hybridized carbons (Fsp3) is 0.222. The van der Waals surface area contributed by atoms with Crippen LogP contribution in [0, 0.1) is 5.82 Å². The van der Waals surface area contributed by atoms with Gasteiger partial charge in [-0.15, -0.1) is 0 Å². The van der Waals surface area contributed by atoms with Crippen LogP contribution in [0.1, 0.15) is 40.5 Å². The second kappa shape index (κ2) is 13.5. The first-order valence-corrected chi connectivity index (χ1v) is 14.9. The molecule has 0 saturated carbocycles. The molecule has 0 aliphatic carbocycles. The van der Waals surface area contributed by atoms with Crippen LogP contribution in [0.5, 0.6) is 0 Å². The molecule has 7 nitrogen and oxygen atoms in total. The summed E-state index contributed by atoms with van der Waals surface area (Å²) in [6, 6.07) is 33.5. The molecule has 5 aromatic rings. The van der Waals surface area contributed by atoms with Gasteiger partial charge < -0.3 is 14.2 Å².